The van der Waals surface area contributed by atoms with Crippen molar-refractivity contribution in [3.63, 3.8) is 0 Å². The van der Waals surface area contributed by atoms with Gasteiger partial charge in [-0.3, -0.25) is 5.32 Å². The lowest BCUT2D eigenvalue weighted by molar-refractivity contribution is 0.810. The van der Waals surface area contributed by atoms with Crippen molar-refractivity contribution in [1.29, 1.82) is 5.26 Å². The highest BCUT2D eigenvalue weighted by molar-refractivity contribution is 5.50. The fourth-order valence-corrected chi connectivity index (χ4v) is 1.80. The normalized spacial score (nSPS) is 9.68. The lowest BCUT2D eigenvalue weighted by atomic mass is 10.2. The van der Waals surface area contributed by atoms with E-state index in [0.717, 1.165) is 18.9 Å². The van der Waals surface area contributed by atoms with Gasteiger partial charge in [-0.2, -0.15) is 5.26 Å². The Morgan fingerprint density at radius 2 is 2.05 bits per heavy atom. The van der Waals surface area contributed by atoms with E-state index < -0.39 is 0 Å². The smallest absolute Gasteiger partial charge is 0.182 e. The average molecular weight is 253 g/mol. The number of rotatable bonds is 5. The molecule has 0 unspecified atom stereocenters. The van der Waals surface area contributed by atoms with E-state index in [4.69, 9.17) is 5.26 Å². The second kappa shape index (κ2) is 6.36. The summed E-state index contributed by atoms with van der Waals surface area (Å²) in [6.07, 6.45) is 3.32. The lowest BCUT2D eigenvalue weighted by Crippen LogP contribution is -2.23. The minimum absolute atomic E-state index is 0.513. The number of hydrogen-bond acceptors (Lipinski definition) is 5. The van der Waals surface area contributed by atoms with Crippen LogP contribution in [-0.2, 0) is 6.54 Å². The Labute approximate surface area is 112 Å². The SMILES string of the molecule is CCN(Cc1ccccc1)c1cc(NC#N)ncn1. The van der Waals surface area contributed by atoms with E-state index in [1.54, 1.807) is 6.07 Å². The Kier molecular flexibility index (Phi) is 4.29. The van der Waals surface area contributed by atoms with Crippen LogP contribution >= 0.6 is 0 Å². The second-order valence-corrected chi connectivity index (χ2v) is 4.00. The molecule has 1 aromatic heterocycles. The molecule has 0 saturated carbocycles. The van der Waals surface area contributed by atoms with Crippen LogP contribution in [0.3, 0.4) is 0 Å². The standard InChI is InChI=1S/C14H15N5/c1-2-19(9-12-6-4-3-5-7-12)14-8-13(16-10-15)17-11-18-14/h3-8,11H,2,9H2,1H3,(H,16,17,18). The van der Waals surface area contributed by atoms with Crippen molar-refractivity contribution in [2.24, 2.45) is 0 Å². The van der Waals surface area contributed by atoms with Gasteiger partial charge in [-0.1, -0.05) is 30.3 Å². The number of benzene rings is 1. The monoisotopic (exact) mass is 253 g/mol. The molecule has 0 aliphatic heterocycles. The summed E-state index contributed by atoms with van der Waals surface area (Å²) in [5.41, 5.74) is 1.22. The van der Waals surface area contributed by atoms with Crippen molar-refractivity contribution < 1.29 is 0 Å². The quantitative estimate of drug-likeness (QED) is 0.654. The first-order chi connectivity index (χ1) is 9.33. The van der Waals surface area contributed by atoms with E-state index in [1.807, 2.05) is 24.4 Å². The van der Waals surface area contributed by atoms with Gasteiger partial charge >= 0.3 is 0 Å². The molecule has 0 spiro atoms. The van der Waals surface area contributed by atoms with Gasteiger partial charge in [0.1, 0.15) is 18.0 Å². The maximum atomic E-state index is 8.61. The van der Waals surface area contributed by atoms with Gasteiger partial charge in [0.15, 0.2) is 6.19 Å². The number of nitriles is 1. The molecule has 96 valence electrons. The van der Waals surface area contributed by atoms with Crippen LogP contribution in [0.5, 0.6) is 0 Å². The van der Waals surface area contributed by atoms with Gasteiger partial charge in [0.05, 0.1) is 0 Å². The van der Waals surface area contributed by atoms with Crippen LogP contribution in [0, 0.1) is 11.5 Å². The van der Waals surface area contributed by atoms with Crippen LogP contribution < -0.4 is 10.2 Å². The zero-order valence-corrected chi connectivity index (χ0v) is 10.7. The Morgan fingerprint density at radius 3 is 2.74 bits per heavy atom. The molecule has 0 atom stereocenters. The van der Waals surface area contributed by atoms with E-state index in [0.29, 0.717) is 5.82 Å². The van der Waals surface area contributed by atoms with Gasteiger partial charge in [0, 0.05) is 19.2 Å². The first-order valence-electron chi connectivity index (χ1n) is 6.09. The van der Waals surface area contributed by atoms with Crippen LogP contribution in [-0.4, -0.2) is 16.5 Å². The van der Waals surface area contributed by atoms with Crippen molar-refractivity contribution in [2.45, 2.75) is 13.5 Å². The molecular weight excluding hydrogens is 238 g/mol. The van der Waals surface area contributed by atoms with E-state index in [-0.39, 0.29) is 0 Å². The summed E-state index contributed by atoms with van der Waals surface area (Å²) in [4.78, 5) is 10.4. The zero-order valence-electron chi connectivity index (χ0n) is 10.7. The Hall–Kier alpha value is -2.61. The summed E-state index contributed by atoms with van der Waals surface area (Å²) in [6, 6.07) is 12.0. The number of anilines is 2. The van der Waals surface area contributed by atoms with Crippen LogP contribution in [0.2, 0.25) is 0 Å². The molecule has 2 rings (SSSR count). The topological polar surface area (TPSA) is 64.8 Å². The molecule has 1 heterocycles. The Bertz CT molecular complexity index is 562. The Morgan fingerprint density at radius 1 is 1.26 bits per heavy atom. The van der Waals surface area contributed by atoms with Gasteiger partial charge in [0.25, 0.3) is 0 Å². The van der Waals surface area contributed by atoms with Crippen molar-refractivity contribution in [2.75, 3.05) is 16.8 Å². The molecule has 0 bridgehead atoms. The molecule has 0 fully saturated rings. The fourth-order valence-electron chi connectivity index (χ4n) is 1.80. The fraction of sp³-hybridized carbons (Fsp3) is 0.214. The summed E-state index contributed by atoms with van der Waals surface area (Å²) in [5, 5.41) is 11.1. The molecule has 2 aromatic rings. The van der Waals surface area contributed by atoms with E-state index in [1.165, 1.54) is 11.9 Å². The maximum Gasteiger partial charge on any atom is 0.182 e. The lowest BCUT2D eigenvalue weighted by Gasteiger charge is -2.22. The molecule has 0 radical (unpaired) electrons. The molecule has 5 nitrogen and oxygen atoms in total. The van der Waals surface area contributed by atoms with Crippen LogP contribution in [0.1, 0.15) is 12.5 Å². The predicted molar refractivity (Wildman–Crippen MR) is 74.4 cm³/mol. The van der Waals surface area contributed by atoms with Crippen molar-refractivity contribution >= 4 is 11.6 Å². The van der Waals surface area contributed by atoms with Crippen LogP contribution in [0.4, 0.5) is 11.6 Å². The number of nitrogens with zero attached hydrogens (tertiary/aromatic N) is 4. The molecule has 0 amide bonds. The second-order valence-electron chi connectivity index (χ2n) is 4.00. The molecule has 1 N–H and O–H groups in total. The minimum atomic E-state index is 0.513. The first kappa shape index (κ1) is 12.8. The summed E-state index contributed by atoms with van der Waals surface area (Å²) in [5.74, 6) is 1.32. The number of aromatic nitrogens is 2. The molecule has 0 aliphatic rings. The largest absolute Gasteiger partial charge is 0.352 e. The maximum absolute atomic E-state index is 8.61. The molecule has 0 saturated heterocycles. The van der Waals surface area contributed by atoms with Crippen LogP contribution in [0.25, 0.3) is 0 Å². The summed E-state index contributed by atoms with van der Waals surface area (Å²) < 4.78 is 0. The van der Waals surface area contributed by atoms with Gasteiger partial charge < -0.3 is 4.90 Å². The van der Waals surface area contributed by atoms with Gasteiger partial charge in [-0.15, -0.1) is 0 Å². The number of hydrogen-bond donors (Lipinski definition) is 1. The summed E-state index contributed by atoms with van der Waals surface area (Å²) in [6.45, 7) is 3.68. The molecule has 19 heavy (non-hydrogen) atoms. The molecule has 0 aliphatic carbocycles. The molecule has 5 heteroatoms. The summed E-state index contributed by atoms with van der Waals surface area (Å²) in [7, 11) is 0. The molecule has 1 aromatic carbocycles. The minimum Gasteiger partial charge on any atom is -0.352 e. The highest BCUT2D eigenvalue weighted by Gasteiger charge is 2.07. The summed E-state index contributed by atoms with van der Waals surface area (Å²) >= 11 is 0. The highest BCUT2D eigenvalue weighted by atomic mass is 15.2. The van der Waals surface area contributed by atoms with Crippen LogP contribution in [0.15, 0.2) is 42.7 Å². The van der Waals surface area contributed by atoms with Gasteiger partial charge in [-0.05, 0) is 12.5 Å². The van der Waals surface area contributed by atoms with Crippen molar-refractivity contribution in [3.8, 4) is 6.19 Å². The average Bonchev–Trinajstić information content (AvgIpc) is 2.46. The van der Waals surface area contributed by atoms with Gasteiger partial charge in [0.2, 0.25) is 0 Å². The predicted octanol–water partition coefficient (Wildman–Crippen LogP) is 2.40. The highest BCUT2D eigenvalue weighted by Crippen LogP contribution is 2.16. The van der Waals surface area contributed by atoms with Crippen molar-refractivity contribution in [1.82, 2.24) is 9.97 Å². The van der Waals surface area contributed by atoms with E-state index in [2.05, 4.69) is 39.2 Å². The van der Waals surface area contributed by atoms with Crippen molar-refractivity contribution in [3.05, 3.63) is 48.3 Å². The van der Waals surface area contributed by atoms with E-state index in [9.17, 15) is 0 Å². The number of nitrogens with one attached hydrogen (secondary N) is 1. The third kappa shape index (κ3) is 3.42. The Balaban J connectivity index is 2.18. The zero-order chi connectivity index (χ0) is 13.5. The molecular formula is C14H15N5. The van der Waals surface area contributed by atoms with Gasteiger partial charge in [-0.25, -0.2) is 9.97 Å². The third-order valence-electron chi connectivity index (χ3n) is 2.76. The third-order valence-corrected chi connectivity index (χ3v) is 2.76. The van der Waals surface area contributed by atoms with E-state index >= 15 is 0 Å². The first-order valence-corrected chi connectivity index (χ1v) is 6.09.